The number of nitrogens with zero attached hydrogens (tertiary/aromatic N) is 3. The standard InChI is InChI=1S/C9H17N5O3Si/c1-18(2,3)5-4-17-9(16)11-6-7(13-14-10)12-8(6)15/h6-7H,4-5H2,1-3H3,(H,11,16)(H,12,15)/t6-,7+/m0/s1. The fourth-order valence-corrected chi connectivity index (χ4v) is 1.99. The molecular weight excluding hydrogens is 254 g/mol. The molecule has 9 heteroatoms. The van der Waals surface area contributed by atoms with Crippen molar-refractivity contribution >= 4 is 20.1 Å². The molecule has 1 rings (SSSR count). The lowest BCUT2D eigenvalue weighted by Gasteiger charge is -2.33. The van der Waals surface area contributed by atoms with Gasteiger partial charge in [0.15, 0.2) is 0 Å². The molecule has 1 saturated heterocycles. The van der Waals surface area contributed by atoms with Gasteiger partial charge in [-0.1, -0.05) is 24.8 Å². The van der Waals surface area contributed by atoms with Crippen molar-refractivity contribution in [3.63, 3.8) is 0 Å². The molecule has 0 radical (unpaired) electrons. The number of carbonyl (C=O) groups excluding carboxylic acids is 2. The average Bonchev–Trinajstić information content (AvgIpc) is 2.24. The Morgan fingerprint density at radius 3 is 2.78 bits per heavy atom. The van der Waals surface area contributed by atoms with Gasteiger partial charge in [0, 0.05) is 13.0 Å². The van der Waals surface area contributed by atoms with Crippen LogP contribution in [0.3, 0.4) is 0 Å². The number of nitrogens with one attached hydrogen (secondary N) is 2. The van der Waals surface area contributed by atoms with Crippen LogP contribution in [-0.2, 0) is 9.53 Å². The predicted octanol–water partition coefficient (Wildman–Crippen LogP) is 1.19. The molecule has 18 heavy (non-hydrogen) atoms. The van der Waals surface area contributed by atoms with Crippen LogP contribution < -0.4 is 10.6 Å². The minimum absolute atomic E-state index is 0.335. The maximum atomic E-state index is 11.4. The maximum absolute atomic E-state index is 11.4. The molecule has 0 bridgehead atoms. The van der Waals surface area contributed by atoms with Crippen LogP contribution in [0.1, 0.15) is 0 Å². The van der Waals surface area contributed by atoms with Crippen molar-refractivity contribution in [1.29, 1.82) is 0 Å². The highest BCUT2D eigenvalue weighted by Gasteiger charge is 2.40. The molecule has 0 spiro atoms. The molecule has 0 unspecified atom stereocenters. The molecule has 2 amide bonds. The molecule has 100 valence electrons. The third-order valence-electron chi connectivity index (χ3n) is 2.42. The van der Waals surface area contributed by atoms with E-state index in [1.165, 1.54) is 0 Å². The lowest BCUT2D eigenvalue weighted by molar-refractivity contribution is -0.131. The Labute approximate surface area is 106 Å². The molecule has 1 heterocycles. The van der Waals surface area contributed by atoms with E-state index in [9.17, 15) is 9.59 Å². The van der Waals surface area contributed by atoms with Crippen molar-refractivity contribution in [2.45, 2.75) is 37.9 Å². The van der Waals surface area contributed by atoms with Gasteiger partial charge < -0.3 is 15.4 Å². The van der Waals surface area contributed by atoms with E-state index in [-0.39, 0.29) is 5.91 Å². The number of alkyl carbamates (subject to hydrolysis) is 1. The van der Waals surface area contributed by atoms with Crippen LogP contribution in [0.2, 0.25) is 25.7 Å². The van der Waals surface area contributed by atoms with E-state index in [0.29, 0.717) is 6.61 Å². The van der Waals surface area contributed by atoms with Crippen LogP contribution in [-0.4, -0.2) is 38.9 Å². The largest absolute Gasteiger partial charge is 0.450 e. The number of azide groups is 1. The molecule has 1 aliphatic rings. The predicted molar refractivity (Wildman–Crippen MR) is 67.5 cm³/mol. The molecule has 1 fully saturated rings. The Kier molecular flexibility index (Phi) is 4.57. The third kappa shape index (κ3) is 4.26. The lowest BCUT2D eigenvalue weighted by atomic mass is 10.1. The number of ether oxygens (including phenoxy) is 1. The van der Waals surface area contributed by atoms with Crippen molar-refractivity contribution in [2.24, 2.45) is 5.11 Å². The van der Waals surface area contributed by atoms with Crippen molar-refractivity contribution in [1.82, 2.24) is 10.6 Å². The summed E-state index contributed by atoms with van der Waals surface area (Å²) >= 11 is 0. The molecule has 0 aromatic heterocycles. The Morgan fingerprint density at radius 2 is 2.28 bits per heavy atom. The minimum atomic E-state index is -1.25. The van der Waals surface area contributed by atoms with Crippen LogP contribution in [0.15, 0.2) is 5.11 Å². The second-order valence-corrected chi connectivity index (χ2v) is 10.8. The van der Waals surface area contributed by atoms with Crippen molar-refractivity contribution < 1.29 is 14.3 Å². The summed E-state index contributed by atoms with van der Waals surface area (Å²) in [6, 6.07) is 0.0251. The van der Waals surface area contributed by atoms with Crippen molar-refractivity contribution in [2.75, 3.05) is 6.61 Å². The van der Waals surface area contributed by atoms with E-state index in [2.05, 4.69) is 40.3 Å². The third-order valence-corrected chi connectivity index (χ3v) is 4.13. The Hall–Kier alpha value is -1.73. The number of hydrogen-bond donors (Lipinski definition) is 2. The molecule has 1 aliphatic heterocycles. The van der Waals surface area contributed by atoms with Gasteiger partial charge in [-0.25, -0.2) is 4.79 Å². The second kappa shape index (κ2) is 5.74. The number of rotatable bonds is 5. The number of carbonyl (C=O) groups is 2. The summed E-state index contributed by atoms with van der Waals surface area (Å²) in [5, 5.41) is 8.04. The van der Waals surface area contributed by atoms with Gasteiger partial charge in [-0.05, 0) is 11.6 Å². The number of amides is 2. The molecule has 0 aromatic carbocycles. The monoisotopic (exact) mass is 271 g/mol. The first-order chi connectivity index (χ1) is 8.33. The Bertz CT molecular complexity index is 388. The van der Waals surface area contributed by atoms with Gasteiger partial charge in [0.2, 0.25) is 5.91 Å². The van der Waals surface area contributed by atoms with Crippen LogP contribution in [0, 0.1) is 0 Å². The average molecular weight is 271 g/mol. The van der Waals surface area contributed by atoms with Gasteiger partial charge in [-0.3, -0.25) is 4.79 Å². The Balaban J connectivity index is 2.31. The summed E-state index contributed by atoms with van der Waals surface area (Å²) in [6.07, 6.45) is -1.39. The lowest BCUT2D eigenvalue weighted by Crippen LogP contribution is -2.68. The van der Waals surface area contributed by atoms with Crippen LogP contribution in [0.4, 0.5) is 4.79 Å². The van der Waals surface area contributed by atoms with E-state index in [0.717, 1.165) is 6.04 Å². The molecule has 0 aromatic rings. The molecule has 0 saturated carbocycles. The van der Waals surface area contributed by atoms with Crippen molar-refractivity contribution in [3.8, 4) is 0 Å². The molecule has 0 aliphatic carbocycles. The van der Waals surface area contributed by atoms with Gasteiger partial charge >= 0.3 is 6.09 Å². The summed E-state index contributed by atoms with van der Waals surface area (Å²) in [5.41, 5.74) is 8.24. The summed E-state index contributed by atoms with van der Waals surface area (Å²) in [4.78, 5) is 25.1. The minimum Gasteiger partial charge on any atom is -0.450 e. The quantitative estimate of drug-likeness (QED) is 0.257. The van der Waals surface area contributed by atoms with E-state index < -0.39 is 26.4 Å². The first-order valence-corrected chi connectivity index (χ1v) is 9.32. The SMILES string of the molecule is C[Si](C)(C)CCOC(=O)N[C@@H]1C(=O)N[C@@H]1N=[N+]=[N-]. The number of hydrogen-bond acceptors (Lipinski definition) is 4. The van der Waals surface area contributed by atoms with Gasteiger partial charge in [0.1, 0.15) is 12.2 Å². The summed E-state index contributed by atoms with van der Waals surface area (Å²) < 4.78 is 4.97. The summed E-state index contributed by atoms with van der Waals surface area (Å²) in [5.74, 6) is -0.380. The van der Waals surface area contributed by atoms with Crippen molar-refractivity contribution in [3.05, 3.63) is 10.4 Å². The van der Waals surface area contributed by atoms with E-state index >= 15 is 0 Å². The maximum Gasteiger partial charge on any atom is 0.407 e. The van der Waals surface area contributed by atoms with Gasteiger partial charge in [-0.15, -0.1) is 0 Å². The summed E-state index contributed by atoms with van der Waals surface area (Å²) in [7, 11) is -1.25. The summed E-state index contributed by atoms with van der Waals surface area (Å²) in [6.45, 7) is 6.85. The highest BCUT2D eigenvalue weighted by molar-refractivity contribution is 6.76. The second-order valence-electron chi connectivity index (χ2n) is 5.23. The zero-order valence-electron chi connectivity index (χ0n) is 10.6. The van der Waals surface area contributed by atoms with Gasteiger partial charge in [0.25, 0.3) is 0 Å². The van der Waals surface area contributed by atoms with E-state index in [1.807, 2.05) is 0 Å². The fraction of sp³-hybridized carbons (Fsp3) is 0.778. The van der Waals surface area contributed by atoms with E-state index in [1.54, 1.807) is 0 Å². The Morgan fingerprint density at radius 1 is 1.61 bits per heavy atom. The van der Waals surface area contributed by atoms with Gasteiger partial charge in [-0.2, -0.15) is 0 Å². The normalized spacial score (nSPS) is 22.3. The topological polar surface area (TPSA) is 116 Å². The van der Waals surface area contributed by atoms with Crippen LogP contribution in [0.5, 0.6) is 0 Å². The van der Waals surface area contributed by atoms with Crippen LogP contribution in [0.25, 0.3) is 10.4 Å². The molecule has 2 N–H and O–H groups in total. The van der Waals surface area contributed by atoms with Gasteiger partial charge in [0.05, 0.1) is 6.61 Å². The number of β-lactam (4-membered cyclic amide) rings is 1. The first kappa shape index (κ1) is 14.3. The smallest absolute Gasteiger partial charge is 0.407 e. The molecular formula is C9H17N5O3Si. The molecule has 8 nitrogen and oxygen atoms in total. The zero-order chi connectivity index (χ0) is 13.8. The zero-order valence-corrected chi connectivity index (χ0v) is 11.6. The van der Waals surface area contributed by atoms with E-state index in [4.69, 9.17) is 10.3 Å². The molecule has 2 atom stereocenters. The van der Waals surface area contributed by atoms with Crippen LogP contribution >= 0.6 is 0 Å². The highest BCUT2D eigenvalue weighted by atomic mass is 28.3. The first-order valence-electron chi connectivity index (χ1n) is 5.61. The highest BCUT2D eigenvalue weighted by Crippen LogP contribution is 2.10. The fourth-order valence-electron chi connectivity index (χ4n) is 1.28.